The third-order valence-electron chi connectivity index (χ3n) is 6.14. The Labute approximate surface area is 222 Å². The van der Waals surface area contributed by atoms with Crippen LogP contribution in [0.3, 0.4) is 0 Å². The molecule has 38 heavy (non-hydrogen) atoms. The van der Waals surface area contributed by atoms with Crippen molar-refractivity contribution in [3.63, 3.8) is 0 Å². The van der Waals surface area contributed by atoms with Crippen LogP contribution in [0.15, 0.2) is 66.2 Å². The maximum absolute atomic E-state index is 13.4. The van der Waals surface area contributed by atoms with E-state index in [0.29, 0.717) is 36.5 Å². The van der Waals surface area contributed by atoms with E-state index in [-0.39, 0.29) is 16.9 Å². The van der Waals surface area contributed by atoms with E-state index in [2.05, 4.69) is 16.3 Å². The third-order valence-corrected chi connectivity index (χ3v) is 7.01. The monoisotopic (exact) mass is 557 g/mol. The van der Waals surface area contributed by atoms with Crippen molar-refractivity contribution in [2.45, 2.75) is 36.6 Å². The van der Waals surface area contributed by atoms with Crippen LogP contribution in [0.1, 0.15) is 36.1 Å². The number of hydrogen-bond donors (Lipinski definition) is 1. The average Bonchev–Trinajstić information content (AvgIpc) is 2.87. The summed E-state index contributed by atoms with van der Waals surface area (Å²) in [6, 6.07) is 8.22. The molecule has 2 unspecified atom stereocenters. The second-order valence-corrected chi connectivity index (χ2v) is 9.83. The first-order valence-corrected chi connectivity index (χ1v) is 12.6. The lowest BCUT2D eigenvalue weighted by Crippen LogP contribution is -2.33. The molecule has 4 nitrogen and oxygen atoms in total. The molecule has 0 aliphatic heterocycles. The fraction of sp³-hybridized carbons (Fsp3) is 0.370. The van der Waals surface area contributed by atoms with E-state index >= 15 is 0 Å². The number of fused-ring (bicyclic) bond motifs is 1. The highest BCUT2D eigenvalue weighted by Crippen LogP contribution is 2.39. The van der Waals surface area contributed by atoms with Gasteiger partial charge in [0, 0.05) is 29.6 Å². The van der Waals surface area contributed by atoms with Crippen LogP contribution in [0.25, 0.3) is 10.9 Å². The lowest BCUT2D eigenvalue weighted by Gasteiger charge is -2.28. The molecule has 1 N–H and O–H groups in total. The number of likely N-dealkylation sites (N-methyl/N-ethyl adjacent to an activating group) is 1. The van der Waals surface area contributed by atoms with Gasteiger partial charge in [0.25, 0.3) is 0 Å². The molecular formula is C27H29F6N3OS. The van der Waals surface area contributed by atoms with Crippen LogP contribution in [0.4, 0.5) is 26.3 Å². The number of ether oxygens (including phenoxy) is 1. The van der Waals surface area contributed by atoms with Crippen molar-refractivity contribution in [3.05, 3.63) is 78.0 Å². The van der Waals surface area contributed by atoms with Crippen molar-refractivity contribution in [2.24, 2.45) is 5.92 Å². The number of rotatable bonds is 11. The van der Waals surface area contributed by atoms with Crippen LogP contribution >= 0.6 is 11.9 Å². The summed E-state index contributed by atoms with van der Waals surface area (Å²) in [7, 11) is 3.43. The van der Waals surface area contributed by atoms with Gasteiger partial charge >= 0.3 is 12.4 Å². The zero-order chi connectivity index (χ0) is 28.1. The predicted molar refractivity (Wildman–Crippen MR) is 138 cm³/mol. The highest BCUT2D eigenvalue weighted by atomic mass is 32.2. The molecule has 0 bridgehead atoms. The molecule has 0 fully saturated rings. The summed E-state index contributed by atoms with van der Waals surface area (Å²) >= 11 is 0.726. The Balaban J connectivity index is 2.00. The molecule has 0 spiro atoms. The molecular weight excluding hydrogens is 528 g/mol. The van der Waals surface area contributed by atoms with Crippen LogP contribution in [-0.2, 0) is 12.4 Å². The van der Waals surface area contributed by atoms with Gasteiger partial charge in [-0.05, 0) is 79.4 Å². The minimum absolute atomic E-state index is 0.123. The van der Waals surface area contributed by atoms with Gasteiger partial charge in [0.05, 0.1) is 29.8 Å². The SMILES string of the molecule is C=CC(CC)CN(C)CC(NSc1cc(C(F)(F)F)cc(C(F)(F)F)c1)c1ccnc2ccc(OC)cc12. The van der Waals surface area contributed by atoms with Crippen molar-refractivity contribution in [1.82, 2.24) is 14.6 Å². The third kappa shape index (κ3) is 7.64. The largest absolute Gasteiger partial charge is 0.497 e. The first-order valence-electron chi connectivity index (χ1n) is 11.8. The van der Waals surface area contributed by atoms with Crippen LogP contribution in [0, 0.1) is 5.92 Å². The summed E-state index contributed by atoms with van der Waals surface area (Å²) in [5, 5.41) is 0.758. The molecule has 0 amide bonds. The van der Waals surface area contributed by atoms with Gasteiger partial charge in [-0.1, -0.05) is 13.0 Å². The second kappa shape index (κ2) is 12.4. The van der Waals surface area contributed by atoms with Gasteiger partial charge in [-0.2, -0.15) is 26.3 Å². The van der Waals surface area contributed by atoms with Crippen molar-refractivity contribution in [2.75, 3.05) is 27.2 Å². The summed E-state index contributed by atoms with van der Waals surface area (Å²) in [6.45, 7) is 7.00. The molecule has 206 valence electrons. The fourth-order valence-corrected chi connectivity index (χ4v) is 4.91. The van der Waals surface area contributed by atoms with E-state index < -0.39 is 29.5 Å². The van der Waals surface area contributed by atoms with Gasteiger partial charge < -0.3 is 9.64 Å². The number of pyridine rings is 1. The number of nitrogens with one attached hydrogen (secondary N) is 1. The lowest BCUT2D eigenvalue weighted by atomic mass is 10.0. The minimum Gasteiger partial charge on any atom is -0.497 e. The molecule has 2 atom stereocenters. The summed E-state index contributed by atoms with van der Waals surface area (Å²) < 4.78 is 88.7. The van der Waals surface area contributed by atoms with Crippen LogP contribution in [0.2, 0.25) is 0 Å². The zero-order valence-electron chi connectivity index (χ0n) is 21.2. The molecule has 3 rings (SSSR count). The first-order chi connectivity index (χ1) is 17.8. The standard InChI is InChI=1S/C27H29F6N3OS/c1-5-17(6-2)15-36(3)16-25(22-9-10-34-24-8-7-20(37-4)14-23(22)24)35-38-21-12-18(26(28,29)30)11-19(13-21)27(31,32)33/h5,7-14,17,25,35H,1,6,15-16H2,2-4H3. The van der Waals surface area contributed by atoms with E-state index in [9.17, 15) is 26.3 Å². The van der Waals surface area contributed by atoms with E-state index in [0.717, 1.165) is 29.3 Å². The number of benzene rings is 2. The van der Waals surface area contributed by atoms with Gasteiger partial charge in [-0.15, -0.1) is 6.58 Å². The predicted octanol–water partition coefficient (Wildman–Crippen LogP) is 7.76. The summed E-state index contributed by atoms with van der Waals surface area (Å²) in [6.07, 6.45) is -5.49. The van der Waals surface area contributed by atoms with Crippen LogP contribution < -0.4 is 9.46 Å². The minimum atomic E-state index is -4.92. The van der Waals surface area contributed by atoms with Crippen LogP contribution in [0.5, 0.6) is 5.75 Å². The maximum atomic E-state index is 13.4. The van der Waals surface area contributed by atoms with Crippen molar-refractivity contribution >= 4 is 22.9 Å². The molecule has 0 aliphatic rings. The Morgan fingerprint density at radius 1 is 1.03 bits per heavy atom. The molecule has 11 heteroatoms. The highest BCUT2D eigenvalue weighted by Gasteiger charge is 2.37. The number of alkyl halides is 6. The molecule has 1 heterocycles. The lowest BCUT2D eigenvalue weighted by molar-refractivity contribution is -0.143. The molecule has 2 aromatic carbocycles. The summed E-state index contributed by atoms with van der Waals surface area (Å²) in [4.78, 5) is 6.23. The van der Waals surface area contributed by atoms with E-state index in [1.807, 2.05) is 31.0 Å². The number of nitrogens with zero attached hydrogens (tertiary/aromatic N) is 2. The smallest absolute Gasteiger partial charge is 0.416 e. The van der Waals surface area contributed by atoms with E-state index in [1.54, 1.807) is 24.4 Å². The number of halogens is 6. The normalized spacial score (nSPS) is 14.1. The van der Waals surface area contributed by atoms with Gasteiger partial charge in [0.2, 0.25) is 0 Å². The van der Waals surface area contributed by atoms with Gasteiger partial charge in [-0.3, -0.25) is 9.71 Å². The molecule has 3 aromatic rings. The molecule has 0 saturated heterocycles. The number of aromatic nitrogens is 1. The Hall–Kier alpha value is -2.76. The van der Waals surface area contributed by atoms with Gasteiger partial charge in [0.15, 0.2) is 0 Å². The molecule has 0 aliphatic carbocycles. The Morgan fingerprint density at radius 2 is 1.68 bits per heavy atom. The second-order valence-electron chi connectivity index (χ2n) is 8.92. The quantitative estimate of drug-likeness (QED) is 0.148. The van der Waals surface area contributed by atoms with Gasteiger partial charge in [0.1, 0.15) is 5.75 Å². The highest BCUT2D eigenvalue weighted by molar-refractivity contribution is 7.97. The Bertz CT molecular complexity index is 1220. The summed E-state index contributed by atoms with van der Waals surface area (Å²) in [5.41, 5.74) is -1.26. The zero-order valence-corrected chi connectivity index (χ0v) is 22.0. The maximum Gasteiger partial charge on any atom is 0.416 e. The summed E-state index contributed by atoms with van der Waals surface area (Å²) in [5.74, 6) is 0.817. The first kappa shape index (κ1) is 29.8. The number of hydrogen-bond acceptors (Lipinski definition) is 5. The van der Waals surface area contributed by atoms with Gasteiger partial charge in [-0.25, -0.2) is 0 Å². The van der Waals surface area contributed by atoms with Crippen LogP contribution in [-0.4, -0.2) is 37.1 Å². The molecule has 0 saturated carbocycles. The Morgan fingerprint density at radius 3 is 2.24 bits per heavy atom. The van der Waals surface area contributed by atoms with Crippen molar-refractivity contribution in [3.8, 4) is 5.75 Å². The van der Waals surface area contributed by atoms with Crippen molar-refractivity contribution in [1.29, 1.82) is 0 Å². The molecule has 0 radical (unpaired) electrons. The van der Waals surface area contributed by atoms with E-state index in [4.69, 9.17) is 4.74 Å². The molecule has 1 aromatic heterocycles. The van der Waals surface area contributed by atoms with E-state index in [1.165, 1.54) is 7.11 Å². The number of methoxy groups -OCH3 is 1. The Kier molecular flexibility index (Phi) is 9.72. The topological polar surface area (TPSA) is 37.4 Å². The average molecular weight is 558 g/mol. The fourth-order valence-electron chi connectivity index (χ4n) is 4.06. The van der Waals surface area contributed by atoms with Crippen molar-refractivity contribution < 1.29 is 31.1 Å².